The van der Waals surface area contributed by atoms with E-state index in [0.717, 1.165) is 20.6 Å². The highest BCUT2D eigenvalue weighted by Crippen LogP contribution is 2.32. The Morgan fingerprint density at radius 3 is 2.46 bits per heavy atom. The Morgan fingerprint density at radius 2 is 2.00 bits per heavy atom. The molecule has 0 saturated heterocycles. The van der Waals surface area contributed by atoms with Gasteiger partial charge in [-0.15, -0.1) is 0 Å². The van der Waals surface area contributed by atoms with Gasteiger partial charge in [0, 0.05) is 15.2 Å². The molecule has 0 aliphatic rings. The van der Waals surface area contributed by atoms with Crippen molar-refractivity contribution in [3.05, 3.63) is 30.3 Å². The molecule has 1 rings (SSSR count). The van der Waals surface area contributed by atoms with Gasteiger partial charge < -0.3 is 9.47 Å². The molecule has 13 heavy (non-hydrogen) atoms. The Kier molecular flexibility index (Phi) is 3.59. The van der Waals surface area contributed by atoms with Crippen LogP contribution in [0.5, 0.6) is 11.5 Å². The van der Waals surface area contributed by atoms with Gasteiger partial charge in [-0.2, -0.15) is 0 Å². The van der Waals surface area contributed by atoms with Crippen molar-refractivity contribution in [2.75, 3.05) is 14.2 Å². The van der Waals surface area contributed by atoms with Crippen LogP contribution in [0.1, 0.15) is 5.56 Å². The summed E-state index contributed by atoms with van der Waals surface area (Å²) < 4.78 is 11.2. The van der Waals surface area contributed by atoms with Crippen LogP contribution in [0.25, 0.3) is 3.58 Å². The second-order valence-corrected chi connectivity index (χ2v) is 3.77. The molecule has 70 valence electrons. The predicted octanol–water partition coefficient (Wildman–Crippen LogP) is 3.11. The fourth-order valence-electron chi connectivity index (χ4n) is 1.02. The van der Waals surface area contributed by atoms with Crippen LogP contribution < -0.4 is 9.47 Å². The van der Waals surface area contributed by atoms with E-state index in [1.54, 1.807) is 14.2 Å². The van der Waals surface area contributed by atoms with E-state index in [1.807, 2.05) is 18.2 Å². The molecule has 0 heterocycles. The standard InChI is InChI=1S/C10H11IO2/c1-7(11)9-5-4-8(12-2)6-10(9)13-3/h4-6H,1H2,2-3H3. The van der Waals surface area contributed by atoms with Crippen molar-refractivity contribution in [1.29, 1.82) is 0 Å². The first-order chi connectivity index (χ1) is 6.19. The van der Waals surface area contributed by atoms with E-state index in [1.165, 1.54) is 0 Å². The second-order valence-electron chi connectivity index (χ2n) is 2.47. The first-order valence-electron chi connectivity index (χ1n) is 3.76. The summed E-state index contributed by atoms with van der Waals surface area (Å²) in [4.78, 5) is 0. The highest BCUT2D eigenvalue weighted by Gasteiger charge is 2.05. The van der Waals surface area contributed by atoms with Crippen molar-refractivity contribution in [3.8, 4) is 11.5 Å². The van der Waals surface area contributed by atoms with Crippen LogP contribution in [-0.4, -0.2) is 14.2 Å². The summed E-state index contributed by atoms with van der Waals surface area (Å²) in [6, 6.07) is 5.67. The quantitative estimate of drug-likeness (QED) is 0.796. The van der Waals surface area contributed by atoms with Gasteiger partial charge in [0.1, 0.15) is 11.5 Å². The molecule has 0 saturated carbocycles. The van der Waals surface area contributed by atoms with Crippen molar-refractivity contribution in [1.82, 2.24) is 0 Å². The lowest BCUT2D eigenvalue weighted by atomic mass is 10.2. The van der Waals surface area contributed by atoms with E-state index in [-0.39, 0.29) is 0 Å². The van der Waals surface area contributed by atoms with Gasteiger partial charge in [0.2, 0.25) is 0 Å². The first-order valence-corrected chi connectivity index (χ1v) is 4.83. The first kappa shape index (κ1) is 10.4. The summed E-state index contributed by atoms with van der Waals surface area (Å²) in [6.07, 6.45) is 0. The minimum absolute atomic E-state index is 0.790. The fraction of sp³-hybridized carbons (Fsp3) is 0.200. The van der Waals surface area contributed by atoms with E-state index >= 15 is 0 Å². The minimum Gasteiger partial charge on any atom is -0.497 e. The van der Waals surface area contributed by atoms with Crippen molar-refractivity contribution >= 4 is 26.2 Å². The zero-order valence-electron chi connectivity index (χ0n) is 7.63. The average Bonchev–Trinajstić information content (AvgIpc) is 2.16. The van der Waals surface area contributed by atoms with Gasteiger partial charge in [-0.1, -0.05) is 6.58 Å². The molecule has 0 aliphatic carbocycles. The summed E-state index contributed by atoms with van der Waals surface area (Å²) in [6.45, 7) is 3.86. The molecule has 0 fully saturated rings. The Hall–Kier alpha value is -0.710. The van der Waals surface area contributed by atoms with Crippen LogP contribution >= 0.6 is 22.6 Å². The number of hydrogen-bond donors (Lipinski definition) is 0. The summed E-state index contributed by atoms with van der Waals surface area (Å²) in [5.74, 6) is 1.58. The minimum atomic E-state index is 0.790. The lowest BCUT2D eigenvalue weighted by Crippen LogP contribution is -1.90. The van der Waals surface area contributed by atoms with E-state index in [2.05, 4.69) is 29.2 Å². The van der Waals surface area contributed by atoms with Crippen molar-refractivity contribution in [2.24, 2.45) is 0 Å². The molecule has 0 aromatic heterocycles. The fourth-order valence-corrected chi connectivity index (χ4v) is 1.47. The Labute approximate surface area is 91.7 Å². The molecule has 2 nitrogen and oxygen atoms in total. The third kappa shape index (κ3) is 2.37. The third-order valence-electron chi connectivity index (χ3n) is 1.70. The lowest BCUT2D eigenvalue weighted by Gasteiger charge is -2.08. The molecule has 0 unspecified atom stereocenters. The topological polar surface area (TPSA) is 18.5 Å². The molecule has 0 amide bonds. The van der Waals surface area contributed by atoms with Gasteiger partial charge in [0.05, 0.1) is 14.2 Å². The summed E-state index contributed by atoms with van der Waals surface area (Å²) in [5.41, 5.74) is 1.00. The summed E-state index contributed by atoms with van der Waals surface area (Å²) in [7, 11) is 3.27. The van der Waals surface area contributed by atoms with Gasteiger partial charge in [-0.3, -0.25) is 0 Å². The summed E-state index contributed by atoms with van der Waals surface area (Å²) in [5, 5.41) is 0. The van der Waals surface area contributed by atoms with Gasteiger partial charge in [0.15, 0.2) is 0 Å². The van der Waals surface area contributed by atoms with Crippen LogP contribution in [-0.2, 0) is 0 Å². The van der Waals surface area contributed by atoms with Gasteiger partial charge in [-0.05, 0) is 34.7 Å². The molecule has 1 aromatic rings. The molecule has 3 heteroatoms. The molecule has 0 aliphatic heterocycles. The molecular formula is C10H11IO2. The number of halogens is 1. The Balaban J connectivity index is 3.15. The van der Waals surface area contributed by atoms with Gasteiger partial charge >= 0.3 is 0 Å². The molecule has 0 bridgehead atoms. The molecular weight excluding hydrogens is 279 g/mol. The monoisotopic (exact) mass is 290 g/mol. The number of methoxy groups -OCH3 is 2. The van der Waals surface area contributed by atoms with Crippen LogP contribution in [0.3, 0.4) is 0 Å². The van der Waals surface area contributed by atoms with Gasteiger partial charge in [0.25, 0.3) is 0 Å². The zero-order valence-corrected chi connectivity index (χ0v) is 9.79. The highest BCUT2D eigenvalue weighted by molar-refractivity contribution is 14.1. The van der Waals surface area contributed by atoms with Crippen molar-refractivity contribution < 1.29 is 9.47 Å². The second kappa shape index (κ2) is 4.50. The summed E-state index contributed by atoms with van der Waals surface area (Å²) >= 11 is 2.17. The Bertz CT molecular complexity index is 321. The highest BCUT2D eigenvalue weighted by atomic mass is 127. The molecule has 0 N–H and O–H groups in total. The smallest absolute Gasteiger partial charge is 0.130 e. The van der Waals surface area contributed by atoms with Crippen LogP contribution in [0.4, 0.5) is 0 Å². The van der Waals surface area contributed by atoms with Crippen LogP contribution in [0.15, 0.2) is 24.8 Å². The van der Waals surface area contributed by atoms with E-state index in [0.29, 0.717) is 0 Å². The van der Waals surface area contributed by atoms with E-state index in [4.69, 9.17) is 9.47 Å². The number of hydrogen-bond acceptors (Lipinski definition) is 2. The number of rotatable bonds is 3. The van der Waals surface area contributed by atoms with Crippen LogP contribution in [0, 0.1) is 0 Å². The lowest BCUT2D eigenvalue weighted by molar-refractivity contribution is 0.393. The van der Waals surface area contributed by atoms with E-state index in [9.17, 15) is 0 Å². The van der Waals surface area contributed by atoms with Gasteiger partial charge in [-0.25, -0.2) is 0 Å². The number of ether oxygens (including phenoxy) is 2. The molecule has 0 atom stereocenters. The maximum Gasteiger partial charge on any atom is 0.130 e. The molecule has 1 aromatic carbocycles. The van der Waals surface area contributed by atoms with Crippen molar-refractivity contribution in [3.63, 3.8) is 0 Å². The third-order valence-corrected chi connectivity index (χ3v) is 2.28. The predicted molar refractivity (Wildman–Crippen MR) is 62.6 cm³/mol. The molecule has 0 radical (unpaired) electrons. The average molecular weight is 290 g/mol. The zero-order chi connectivity index (χ0) is 9.84. The van der Waals surface area contributed by atoms with E-state index < -0.39 is 0 Å². The molecule has 0 spiro atoms. The maximum absolute atomic E-state index is 5.20. The Morgan fingerprint density at radius 1 is 1.31 bits per heavy atom. The normalized spacial score (nSPS) is 9.46. The maximum atomic E-state index is 5.20. The number of benzene rings is 1. The SMILES string of the molecule is C=C(I)c1ccc(OC)cc1OC. The van der Waals surface area contributed by atoms with Crippen molar-refractivity contribution in [2.45, 2.75) is 0 Å². The van der Waals surface area contributed by atoms with Crippen LogP contribution in [0.2, 0.25) is 0 Å². The largest absolute Gasteiger partial charge is 0.497 e.